The summed E-state index contributed by atoms with van der Waals surface area (Å²) in [5, 5.41) is 5.69. The lowest BCUT2D eigenvalue weighted by Gasteiger charge is -2.19. The number of urea groups is 1. The lowest BCUT2D eigenvalue weighted by molar-refractivity contribution is 0.0635. The molecule has 0 spiro atoms. The first-order valence-corrected chi connectivity index (χ1v) is 11.6. The highest BCUT2D eigenvalue weighted by atomic mass is 32.2. The fourth-order valence-corrected chi connectivity index (χ4v) is 3.67. The van der Waals surface area contributed by atoms with Crippen LogP contribution < -0.4 is 21.5 Å². The number of carbonyl (C=O) groups is 3. The maximum atomic E-state index is 12.6. The summed E-state index contributed by atoms with van der Waals surface area (Å²) in [6, 6.07) is 15.0. The number of para-hydroxylation sites is 1. The number of nitrogens with one attached hydrogen (secondary N) is 4. The van der Waals surface area contributed by atoms with E-state index in [-0.39, 0.29) is 0 Å². The molecule has 0 aliphatic rings. The average molecular weight is 495 g/mol. The fourth-order valence-electron chi connectivity index (χ4n) is 2.74. The van der Waals surface area contributed by atoms with E-state index in [9.17, 15) is 14.4 Å². The van der Waals surface area contributed by atoms with Gasteiger partial charge in [-0.2, -0.15) is 0 Å². The normalized spacial score (nSPS) is 10.7. The zero-order valence-electron chi connectivity index (χ0n) is 19.5. The Morgan fingerprint density at radius 1 is 0.914 bits per heavy atom. The number of hydrogen-bond acceptors (Lipinski definition) is 7. The van der Waals surface area contributed by atoms with Crippen molar-refractivity contribution in [3.05, 3.63) is 78.1 Å². The molecule has 182 valence electrons. The molecule has 0 atom stereocenters. The van der Waals surface area contributed by atoms with Gasteiger partial charge in [-0.05, 0) is 62.7 Å². The predicted octanol–water partition coefficient (Wildman–Crippen LogP) is 4.58. The minimum atomic E-state index is -0.620. The Labute approximate surface area is 207 Å². The smallest absolute Gasteiger partial charge is 0.413 e. The molecule has 2 heterocycles. The van der Waals surface area contributed by atoms with Crippen molar-refractivity contribution in [3.8, 4) is 0 Å². The Morgan fingerprint density at radius 3 is 2.43 bits per heavy atom. The predicted molar refractivity (Wildman–Crippen MR) is 134 cm³/mol. The number of nitrogens with zero attached hydrogens (tertiary/aromatic N) is 2. The van der Waals surface area contributed by atoms with Crippen molar-refractivity contribution in [3.63, 3.8) is 0 Å². The van der Waals surface area contributed by atoms with Crippen LogP contribution in [0.15, 0.2) is 72.0 Å². The highest BCUT2D eigenvalue weighted by Gasteiger charge is 2.17. The van der Waals surface area contributed by atoms with Crippen LogP contribution in [0.1, 0.15) is 36.7 Å². The van der Waals surface area contributed by atoms with Gasteiger partial charge in [-0.25, -0.2) is 25.0 Å². The first-order chi connectivity index (χ1) is 16.7. The molecular weight excluding hydrogens is 468 g/mol. The van der Waals surface area contributed by atoms with Crippen molar-refractivity contribution in [2.75, 3.05) is 10.6 Å². The molecule has 0 radical (unpaired) electrons. The van der Waals surface area contributed by atoms with Gasteiger partial charge in [0.15, 0.2) is 0 Å². The van der Waals surface area contributed by atoms with E-state index in [1.165, 1.54) is 11.8 Å². The van der Waals surface area contributed by atoms with Gasteiger partial charge in [-0.15, -0.1) is 11.8 Å². The van der Waals surface area contributed by atoms with Crippen molar-refractivity contribution in [2.24, 2.45) is 0 Å². The third-order valence-electron chi connectivity index (χ3n) is 4.17. The van der Waals surface area contributed by atoms with E-state index in [1.807, 2.05) is 6.07 Å². The molecule has 0 saturated heterocycles. The Hall–Kier alpha value is -4.12. The molecule has 1 aromatic carbocycles. The maximum absolute atomic E-state index is 12.6. The highest BCUT2D eigenvalue weighted by Crippen LogP contribution is 2.25. The van der Waals surface area contributed by atoms with Gasteiger partial charge in [-0.3, -0.25) is 15.5 Å². The van der Waals surface area contributed by atoms with E-state index in [1.54, 1.807) is 81.7 Å². The molecule has 2 aromatic heterocycles. The summed E-state index contributed by atoms with van der Waals surface area (Å²) in [5.74, 6) is 0.306. The Kier molecular flexibility index (Phi) is 8.63. The molecule has 0 unspecified atom stereocenters. The van der Waals surface area contributed by atoms with Crippen LogP contribution in [0.3, 0.4) is 0 Å². The standard InChI is InChI=1S/C24H26N6O4S/c1-24(2,3)34-23(33)28-19-14-16(11-13-25-19)15-35-21-18(10-7-12-26-21)20(31)29-30-22(32)27-17-8-5-4-6-9-17/h4-14H,15H2,1-3H3,(H,29,31)(H,25,28,33)(H2,27,30,32). The number of hydrogen-bond donors (Lipinski definition) is 4. The second kappa shape index (κ2) is 11.8. The van der Waals surface area contributed by atoms with E-state index in [0.29, 0.717) is 27.8 Å². The Morgan fingerprint density at radius 2 is 1.69 bits per heavy atom. The van der Waals surface area contributed by atoms with E-state index >= 15 is 0 Å². The van der Waals surface area contributed by atoms with Crippen LogP contribution in [0.4, 0.5) is 21.1 Å². The second-order valence-electron chi connectivity index (χ2n) is 8.22. The summed E-state index contributed by atoms with van der Waals surface area (Å²) >= 11 is 1.33. The molecule has 0 bridgehead atoms. The first kappa shape index (κ1) is 25.5. The van der Waals surface area contributed by atoms with E-state index in [2.05, 4.69) is 31.5 Å². The summed E-state index contributed by atoms with van der Waals surface area (Å²) in [5.41, 5.74) is 5.84. The molecule has 0 aliphatic heterocycles. The van der Waals surface area contributed by atoms with Gasteiger partial charge in [-0.1, -0.05) is 18.2 Å². The molecule has 3 aromatic rings. The molecule has 3 rings (SSSR count). The third kappa shape index (κ3) is 8.63. The largest absolute Gasteiger partial charge is 0.444 e. The van der Waals surface area contributed by atoms with Gasteiger partial charge in [0.05, 0.1) is 5.56 Å². The van der Waals surface area contributed by atoms with Gasteiger partial charge in [0, 0.05) is 23.8 Å². The minimum Gasteiger partial charge on any atom is -0.444 e. The van der Waals surface area contributed by atoms with Crippen molar-refractivity contribution in [1.82, 2.24) is 20.8 Å². The number of pyridine rings is 2. The number of hydrazine groups is 1. The number of benzene rings is 1. The monoisotopic (exact) mass is 494 g/mol. The van der Waals surface area contributed by atoms with Crippen LogP contribution in [0.5, 0.6) is 0 Å². The van der Waals surface area contributed by atoms with E-state index in [0.717, 1.165) is 5.56 Å². The van der Waals surface area contributed by atoms with Crippen molar-refractivity contribution in [2.45, 2.75) is 37.2 Å². The van der Waals surface area contributed by atoms with Crippen LogP contribution in [0.2, 0.25) is 0 Å². The second-order valence-corrected chi connectivity index (χ2v) is 9.18. The Bertz CT molecular complexity index is 1180. The summed E-state index contributed by atoms with van der Waals surface area (Å²) in [6.07, 6.45) is 2.56. The lowest BCUT2D eigenvalue weighted by atomic mass is 10.2. The zero-order valence-corrected chi connectivity index (χ0v) is 20.3. The van der Waals surface area contributed by atoms with E-state index < -0.39 is 23.6 Å². The van der Waals surface area contributed by atoms with Crippen LogP contribution >= 0.6 is 11.8 Å². The van der Waals surface area contributed by atoms with Crippen molar-refractivity contribution < 1.29 is 19.1 Å². The van der Waals surface area contributed by atoms with Crippen molar-refractivity contribution >= 4 is 41.3 Å². The first-order valence-electron chi connectivity index (χ1n) is 10.6. The molecule has 11 heteroatoms. The summed E-state index contributed by atoms with van der Waals surface area (Å²) in [7, 11) is 0. The number of anilines is 2. The fraction of sp³-hybridized carbons (Fsp3) is 0.208. The molecular formula is C24H26N6O4S. The SMILES string of the molecule is CC(C)(C)OC(=O)Nc1cc(CSc2ncccc2C(=O)NNC(=O)Nc2ccccc2)ccn1. The number of aromatic nitrogens is 2. The third-order valence-corrected chi connectivity index (χ3v) is 5.24. The van der Waals surface area contributed by atoms with Crippen molar-refractivity contribution in [1.29, 1.82) is 0 Å². The number of ether oxygens (including phenoxy) is 1. The number of rotatable bonds is 6. The van der Waals surface area contributed by atoms with E-state index in [4.69, 9.17) is 4.74 Å². The molecule has 0 fully saturated rings. The maximum Gasteiger partial charge on any atom is 0.413 e. The zero-order chi connectivity index (χ0) is 25.3. The lowest BCUT2D eigenvalue weighted by Crippen LogP contribution is -2.44. The molecule has 4 N–H and O–H groups in total. The summed E-state index contributed by atoms with van der Waals surface area (Å²) in [4.78, 5) is 45.1. The van der Waals surface area contributed by atoms with Gasteiger partial charge in [0.2, 0.25) is 0 Å². The number of thioether (sulfide) groups is 1. The van der Waals surface area contributed by atoms with Gasteiger partial charge >= 0.3 is 12.1 Å². The summed E-state index contributed by atoms with van der Waals surface area (Å²) < 4.78 is 5.24. The molecule has 35 heavy (non-hydrogen) atoms. The van der Waals surface area contributed by atoms with Crippen LogP contribution in [0.25, 0.3) is 0 Å². The molecule has 4 amide bonds. The highest BCUT2D eigenvalue weighted by molar-refractivity contribution is 7.98. The van der Waals surface area contributed by atoms with Gasteiger partial charge in [0.25, 0.3) is 5.91 Å². The summed E-state index contributed by atoms with van der Waals surface area (Å²) in [6.45, 7) is 5.33. The quantitative estimate of drug-likeness (QED) is 0.291. The molecule has 0 saturated carbocycles. The number of carbonyl (C=O) groups excluding carboxylic acids is 3. The van der Waals surface area contributed by atoms with Crippen LogP contribution in [-0.4, -0.2) is 33.6 Å². The molecule has 10 nitrogen and oxygen atoms in total. The van der Waals surface area contributed by atoms with Gasteiger partial charge < -0.3 is 10.1 Å². The molecule has 0 aliphatic carbocycles. The minimum absolute atomic E-state index is 0.304. The average Bonchev–Trinajstić information content (AvgIpc) is 2.81. The Balaban J connectivity index is 1.57. The van der Waals surface area contributed by atoms with Crippen LogP contribution in [0, 0.1) is 0 Å². The van der Waals surface area contributed by atoms with Crippen LogP contribution in [-0.2, 0) is 10.5 Å². The van der Waals surface area contributed by atoms with Gasteiger partial charge in [0.1, 0.15) is 16.4 Å². The number of amides is 4. The topological polar surface area (TPSA) is 134 Å².